The van der Waals surface area contributed by atoms with Crippen LogP contribution in [0.2, 0.25) is 5.15 Å². The number of carbonyl (C=O) groups is 1. The first-order valence-corrected chi connectivity index (χ1v) is 7.55. The molecule has 0 unspecified atom stereocenters. The summed E-state index contributed by atoms with van der Waals surface area (Å²) in [6.45, 7) is 1.96. The summed E-state index contributed by atoms with van der Waals surface area (Å²) >= 11 is 6.33. The van der Waals surface area contributed by atoms with Crippen molar-refractivity contribution < 1.29 is 9.90 Å². The molecule has 0 atom stereocenters. The fourth-order valence-electron chi connectivity index (χ4n) is 3.06. The number of carboxylic acid groups (broad SMARTS) is 1. The number of hydrogen-bond donors (Lipinski definition) is 1. The third-order valence-electron chi connectivity index (χ3n) is 4.16. The first kappa shape index (κ1) is 14.1. The Bertz CT molecular complexity index is 688. The molecule has 1 saturated carbocycles. The van der Waals surface area contributed by atoms with E-state index in [1.165, 1.54) is 0 Å². The van der Waals surface area contributed by atoms with Crippen LogP contribution in [0.25, 0.3) is 5.69 Å². The Labute approximate surface area is 128 Å². The van der Waals surface area contributed by atoms with Crippen LogP contribution in [0.4, 0.5) is 0 Å². The first-order valence-electron chi connectivity index (χ1n) is 7.17. The number of carboxylic acids is 1. The molecule has 1 aliphatic rings. The van der Waals surface area contributed by atoms with Crippen molar-refractivity contribution in [2.75, 3.05) is 0 Å². The lowest BCUT2D eigenvalue weighted by molar-refractivity contribution is 0.0695. The van der Waals surface area contributed by atoms with Crippen molar-refractivity contribution in [2.24, 2.45) is 0 Å². The van der Waals surface area contributed by atoms with Gasteiger partial charge in [-0.15, -0.1) is 0 Å². The van der Waals surface area contributed by atoms with E-state index in [9.17, 15) is 9.90 Å². The quantitative estimate of drug-likeness (QED) is 0.925. The second kappa shape index (κ2) is 5.53. The minimum atomic E-state index is -0.998. The van der Waals surface area contributed by atoms with Gasteiger partial charge in [-0.1, -0.05) is 42.6 Å². The zero-order valence-electron chi connectivity index (χ0n) is 11.8. The van der Waals surface area contributed by atoms with Crippen molar-refractivity contribution in [1.29, 1.82) is 0 Å². The van der Waals surface area contributed by atoms with Crippen LogP contribution in [0.15, 0.2) is 24.3 Å². The van der Waals surface area contributed by atoms with Crippen LogP contribution in [-0.2, 0) is 0 Å². The SMILES string of the molecule is Cc1ccccc1-n1nc(C2CCCC2)c(C(=O)O)c1Cl. The Hall–Kier alpha value is -1.81. The molecule has 110 valence electrons. The molecule has 1 aromatic carbocycles. The molecule has 21 heavy (non-hydrogen) atoms. The molecule has 1 aliphatic carbocycles. The number of aromatic nitrogens is 2. The van der Waals surface area contributed by atoms with Crippen LogP contribution in [0.1, 0.15) is 53.2 Å². The first-order chi connectivity index (χ1) is 10.1. The molecule has 1 aromatic heterocycles. The minimum Gasteiger partial charge on any atom is -0.478 e. The summed E-state index contributed by atoms with van der Waals surface area (Å²) in [6, 6.07) is 7.70. The molecule has 3 rings (SSSR count). The molecule has 0 radical (unpaired) electrons. The molecule has 0 spiro atoms. The van der Waals surface area contributed by atoms with Gasteiger partial charge in [-0.25, -0.2) is 9.48 Å². The largest absolute Gasteiger partial charge is 0.478 e. The van der Waals surface area contributed by atoms with E-state index in [1.54, 1.807) is 4.68 Å². The van der Waals surface area contributed by atoms with Crippen molar-refractivity contribution >= 4 is 17.6 Å². The van der Waals surface area contributed by atoms with Crippen molar-refractivity contribution in [3.8, 4) is 5.69 Å². The Morgan fingerprint density at radius 2 is 2.00 bits per heavy atom. The van der Waals surface area contributed by atoms with Crippen LogP contribution in [0.5, 0.6) is 0 Å². The topological polar surface area (TPSA) is 55.1 Å². The normalized spacial score (nSPS) is 15.5. The maximum absolute atomic E-state index is 11.6. The third-order valence-corrected chi connectivity index (χ3v) is 4.50. The second-order valence-electron chi connectivity index (χ2n) is 5.54. The molecule has 4 nitrogen and oxygen atoms in total. The van der Waals surface area contributed by atoms with Crippen molar-refractivity contribution in [1.82, 2.24) is 9.78 Å². The zero-order chi connectivity index (χ0) is 15.0. The highest BCUT2D eigenvalue weighted by atomic mass is 35.5. The van der Waals surface area contributed by atoms with E-state index in [-0.39, 0.29) is 16.6 Å². The second-order valence-corrected chi connectivity index (χ2v) is 5.89. The average Bonchev–Trinajstić information content (AvgIpc) is 3.06. The molecule has 1 fully saturated rings. The van der Waals surface area contributed by atoms with E-state index in [0.717, 1.165) is 36.9 Å². The van der Waals surface area contributed by atoms with Gasteiger partial charge in [-0.2, -0.15) is 5.10 Å². The Morgan fingerprint density at radius 3 is 2.62 bits per heavy atom. The number of para-hydroxylation sites is 1. The number of aryl methyl sites for hydroxylation is 1. The van der Waals surface area contributed by atoms with Crippen LogP contribution >= 0.6 is 11.6 Å². The van der Waals surface area contributed by atoms with E-state index in [2.05, 4.69) is 5.10 Å². The van der Waals surface area contributed by atoms with Gasteiger partial charge in [0.15, 0.2) is 0 Å². The fraction of sp³-hybridized carbons (Fsp3) is 0.375. The third kappa shape index (κ3) is 2.44. The maximum Gasteiger partial charge on any atom is 0.340 e. The standard InChI is InChI=1S/C16H17ClN2O2/c1-10-6-2-5-9-12(10)19-15(17)13(16(20)21)14(18-19)11-7-3-4-8-11/h2,5-6,9,11H,3-4,7-8H2,1H3,(H,20,21). The summed E-state index contributed by atoms with van der Waals surface area (Å²) in [5.74, 6) is -0.791. The lowest BCUT2D eigenvalue weighted by Gasteiger charge is -2.07. The van der Waals surface area contributed by atoms with Gasteiger partial charge < -0.3 is 5.11 Å². The zero-order valence-corrected chi connectivity index (χ0v) is 12.6. The van der Waals surface area contributed by atoms with Crippen molar-refractivity contribution in [3.05, 3.63) is 46.2 Å². The summed E-state index contributed by atoms with van der Waals surface area (Å²) in [5.41, 5.74) is 2.63. The molecule has 1 N–H and O–H groups in total. The van der Waals surface area contributed by atoms with Crippen LogP contribution < -0.4 is 0 Å². The van der Waals surface area contributed by atoms with Gasteiger partial charge in [0.1, 0.15) is 10.7 Å². The highest BCUT2D eigenvalue weighted by Gasteiger charge is 2.30. The molecule has 0 aliphatic heterocycles. The summed E-state index contributed by atoms with van der Waals surface area (Å²) in [5, 5.41) is 14.2. The molecule has 5 heteroatoms. The number of benzene rings is 1. The molecular weight excluding hydrogens is 288 g/mol. The Kier molecular flexibility index (Phi) is 3.72. The van der Waals surface area contributed by atoms with Crippen LogP contribution in [-0.4, -0.2) is 20.9 Å². The summed E-state index contributed by atoms with van der Waals surface area (Å²) < 4.78 is 1.56. The predicted molar refractivity (Wildman–Crippen MR) is 81.5 cm³/mol. The van der Waals surface area contributed by atoms with E-state index in [1.807, 2.05) is 31.2 Å². The number of hydrogen-bond acceptors (Lipinski definition) is 2. The summed E-state index contributed by atoms with van der Waals surface area (Å²) in [6.07, 6.45) is 4.22. The maximum atomic E-state index is 11.6. The number of nitrogens with zero attached hydrogens (tertiary/aromatic N) is 2. The van der Waals surface area contributed by atoms with Gasteiger partial charge in [0, 0.05) is 5.92 Å². The molecular formula is C16H17ClN2O2. The molecule has 0 saturated heterocycles. The van der Waals surface area contributed by atoms with E-state index < -0.39 is 5.97 Å². The summed E-state index contributed by atoms with van der Waals surface area (Å²) in [4.78, 5) is 11.6. The predicted octanol–water partition coefficient (Wildman–Crippen LogP) is 4.19. The van der Waals surface area contributed by atoms with Crippen LogP contribution in [0.3, 0.4) is 0 Å². The number of halogens is 1. The summed E-state index contributed by atoms with van der Waals surface area (Å²) in [7, 11) is 0. The van der Waals surface area contributed by atoms with Gasteiger partial charge in [0.05, 0.1) is 11.4 Å². The van der Waals surface area contributed by atoms with E-state index in [0.29, 0.717) is 5.69 Å². The smallest absolute Gasteiger partial charge is 0.340 e. The van der Waals surface area contributed by atoms with E-state index in [4.69, 9.17) is 11.6 Å². The molecule has 2 aromatic rings. The fourth-order valence-corrected chi connectivity index (χ4v) is 3.36. The van der Waals surface area contributed by atoms with Gasteiger partial charge >= 0.3 is 5.97 Å². The minimum absolute atomic E-state index is 0.159. The van der Waals surface area contributed by atoms with Crippen molar-refractivity contribution in [3.63, 3.8) is 0 Å². The average molecular weight is 305 g/mol. The molecule has 0 bridgehead atoms. The molecule has 0 amide bonds. The highest BCUT2D eigenvalue weighted by Crippen LogP contribution is 2.38. The van der Waals surface area contributed by atoms with Gasteiger partial charge in [-0.05, 0) is 31.4 Å². The van der Waals surface area contributed by atoms with Gasteiger partial charge in [-0.3, -0.25) is 0 Å². The van der Waals surface area contributed by atoms with Gasteiger partial charge in [0.2, 0.25) is 0 Å². The highest BCUT2D eigenvalue weighted by molar-refractivity contribution is 6.33. The monoisotopic (exact) mass is 304 g/mol. The molecule has 1 heterocycles. The van der Waals surface area contributed by atoms with E-state index >= 15 is 0 Å². The Balaban J connectivity index is 2.17. The van der Waals surface area contributed by atoms with Crippen LogP contribution in [0, 0.1) is 6.92 Å². The number of rotatable bonds is 3. The lowest BCUT2D eigenvalue weighted by atomic mass is 10.0. The number of aromatic carboxylic acids is 1. The van der Waals surface area contributed by atoms with Crippen molar-refractivity contribution in [2.45, 2.75) is 38.5 Å². The lowest BCUT2D eigenvalue weighted by Crippen LogP contribution is -2.04. The Morgan fingerprint density at radius 1 is 1.33 bits per heavy atom. The van der Waals surface area contributed by atoms with Gasteiger partial charge in [0.25, 0.3) is 0 Å².